The standard InChI is InChI=1S/C19H21NOS/c1-15-13-19(22-14-15)18(21)10-7-16-5-8-17(9-6-16)20-11-3-2-4-12-20/h5-10,13-14H,2-4,11-12H2,1H3/b10-7+. The lowest BCUT2D eigenvalue weighted by Gasteiger charge is -2.28. The summed E-state index contributed by atoms with van der Waals surface area (Å²) in [7, 11) is 0. The molecule has 2 heterocycles. The van der Waals surface area contributed by atoms with Gasteiger partial charge < -0.3 is 4.90 Å². The molecule has 1 aromatic carbocycles. The van der Waals surface area contributed by atoms with Crippen molar-refractivity contribution in [1.29, 1.82) is 0 Å². The van der Waals surface area contributed by atoms with Crippen molar-refractivity contribution in [3.8, 4) is 0 Å². The molecule has 0 N–H and O–H groups in total. The molecule has 114 valence electrons. The van der Waals surface area contributed by atoms with Crippen molar-refractivity contribution >= 4 is 28.9 Å². The second kappa shape index (κ2) is 6.93. The number of anilines is 1. The maximum Gasteiger partial charge on any atom is 0.195 e. The Kier molecular flexibility index (Phi) is 4.74. The minimum absolute atomic E-state index is 0.0817. The summed E-state index contributed by atoms with van der Waals surface area (Å²) in [5.41, 5.74) is 3.51. The first-order valence-electron chi connectivity index (χ1n) is 7.85. The summed E-state index contributed by atoms with van der Waals surface area (Å²) in [4.78, 5) is 15.3. The molecule has 1 aliphatic rings. The molecule has 0 unspecified atom stereocenters. The monoisotopic (exact) mass is 311 g/mol. The third-order valence-electron chi connectivity index (χ3n) is 4.01. The molecule has 1 aliphatic heterocycles. The fourth-order valence-corrected chi connectivity index (χ4v) is 3.58. The van der Waals surface area contributed by atoms with Crippen molar-refractivity contribution in [2.45, 2.75) is 26.2 Å². The minimum Gasteiger partial charge on any atom is -0.372 e. The van der Waals surface area contributed by atoms with Crippen LogP contribution in [0, 0.1) is 6.92 Å². The average molecular weight is 311 g/mol. The normalized spacial score (nSPS) is 15.4. The number of allylic oxidation sites excluding steroid dienone is 1. The molecule has 0 radical (unpaired) electrons. The van der Waals surface area contributed by atoms with Crippen LogP contribution in [0.3, 0.4) is 0 Å². The predicted molar refractivity (Wildman–Crippen MR) is 94.9 cm³/mol. The van der Waals surface area contributed by atoms with E-state index in [9.17, 15) is 4.79 Å². The van der Waals surface area contributed by atoms with Crippen LogP contribution in [0.5, 0.6) is 0 Å². The van der Waals surface area contributed by atoms with Crippen LogP contribution in [-0.4, -0.2) is 18.9 Å². The Bertz CT molecular complexity index is 663. The zero-order valence-corrected chi connectivity index (χ0v) is 13.7. The van der Waals surface area contributed by atoms with E-state index in [1.165, 1.54) is 36.3 Å². The third kappa shape index (κ3) is 3.66. The van der Waals surface area contributed by atoms with Gasteiger partial charge in [0, 0.05) is 18.8 Å². The minimum atomic E-state index is 0.0817. The van der Waals surface area contributed by atoms with Crippen LogP contribution in [0.2, 0.25) is 0 Å². The molecule has 3 rings (SSSR count). The number of carbonyl (C=O) groups is 1. The number of hydrogen-bond acceptors (Lipinski definition) is 3. The van der Waals surface area contributed by atoms with Gasteiger partial charge in [-0.3, -0.25) is 4.79 Å². The van der Waals surface area contributed by atoms with Gasteiger partial charge in [-0.2, -0.15) is 0 Å². The van der Waals surface area contributed by atoms with Crippen LogP contribution in [0.1, 0.15) is 40.1 Å². The van der Waals surface area contributed by atoms with Crippen LogP contribution in [0.15, 0.2) is 41.8 Å². The third-order valence-corrected chi connectivity index (χ3v) is 5.08. The maximum atomic E-state index is 12.1. The van der Waals surface area contributed by atoms with Crippen molar-refractivity contribution in [2.24, 2.45) is 0 Å². The van der Waals surface area contributed by atoms with E-state index < -0.39 is 0 Å². The second-order valence-electron chi connectivity index (χ2n) is 5.83. The van der Waals surface area contributed by atoms with Crippen molar-refractivity contribution in [3.05, 3.63) is 57.8 Å². The van der Waals surface area contributed by atoms with E-state index >= 15 is 0 Å². The van der Waals surface area contributed by atoms with Crippen LogP contribution in [0.4, 0.5) is 5.69 Å². The lowest BCUT2D eigenvalue weighted by atomic mass is 10.1. The molecule has 1 saturated heterocycles. The molecular weight excluding hydrogens is 290 g/mol. The largest absolute Gasteiger partial charge is 0.372 e. The molecule has 0 bridgehead atoms. The zero-order chi connectivity index (χ0) is 15.4. The van der Waals surface area contributed by atoms with E-state index in [1.807, 2.05) is 24.4 Å². The molecule has 0 spiro atoms. The Hall–Kier alpha value is -1.87. The number of benzene rings is 1. The molecule has 2 aromatic rings. The van der Waals surface area contributed by atoms with Crippen LogP contribution < -0.4 is 4.90 Å². The van der Waals surface area contributed by atoms with Crippen LogP contribution in [0.25, 0.3) is 6.08 Å². The summed E-state index contributed by atoms with van der Waals surface area (Å²) in [5.74, 6) is 0.0817. The zero-order valence-electron chi connectivity index (χ0n) is 12.9. The number of ketones is 1. The average Bonchev–Trinajstić information content (AvgIpc) is 3.00. The SMILES string of the molecule is Cc1csc(C(=O)/C=C/c2ccc(N3CCCCC3)cc2)c1. The van der Waals surface area contributed by atoms with Gasteiger partial charge in [0.1, 0.15) is 0 Å². The summed E-state index contributed by atoms with van der Waals surface area (Å²) in [5, 5.41) is 2.01. The first-order valence-corrected chi connectivity index (χ1v) is 8.73. The Morgan fingerprint density at radius 1 is 1.14 bits per heavy atom. The highest BCUT2D eigenvalue weighted by Crippen LogP contribution is 2.21. The Morgan fingerprint density at radius 3 is 2.50 bits per heavy atom. The van der Waals surface area contributed by atoms with E-state index in [-0.39, 0.29) is 5.78 Å². The fraction of sp³-hybridized carbons (Fsp3) is 0.316. The number of rotatable bonds is 4. The first-order chi connectivity index (χ1) is 10.7. The first kappa shape index (κ1) is 15.0. The van der Waals surface area contributed by atoms with Gasteiger partial charge >= 0.3 is 0 Å². The lowest BCUT2D eigenvalue weighted by Crippen LogP contribution is -2.29. The molecule has 0 saturated carbocycles. The summed E-state index contributed by atoms with van der Waals surface area (Å²) in [6.07, 6.45) is 7.49. The van der Waals surface area contributed by atoms with Crippen molar-refractivity contribution in [1.82, 2.24) is 0 Å². The van der Waals surface area contributed by atoms with E-state index in [2.05, 4.69) is 29.2 Å². The van der Waals surface area contributed by atoms with Crippen molar-refractivity contribution in [3.63, 3.8) is 0 Å². The molecular formula is C19H21NOS. The molecule has 0 atom stereocenters. The van der Waals surface area contributed by atoms with Crippen molar-refractivity contribution in [2.75, 3.05) is 18.0 Å². The van der Waals surface area contributed by atoms with Crippen LogP contribution >= 0.6 is 11.3 Å². The summed E-state index contributed by atoms with van der Waals surface area (Å²) in [6, 6.07) is 10.4. The van der Waals surface area contributed by atoms with Gasteiger partial charge in [-0.05, 0) is 67.0 Å². The number of piperidine rings is 1. The fourth-order valence-electron chi connectivity index (χ4n) is 2.76. The topological polar surface area (TPSA) is 20.3 Å². The highest BCUT2D eigenvalue weighted by molar-refractivity contribution is 7.12. The molecule has 0 aliphatic carbocycles. The van der Waals surface area contributed by atoms with Crippen molar-refractivity contribution < 1.29 is 4.79 Å². The highest BCUT2D eigenvalue weighted by Gasteiger charge is 2.10. The second-order valence-corrected chi connectivity index (χ2v) is 6.74. The molecule has 0 amide bonds. The number of aryl methyl sites for hydroxylation is 1. The molecule has 2 nitrogen and oxygen atoms in total. The van der Waals surface area contributed by atoms with Gasteiger partial charge in [-0.1, -0.05) is 18.2 Å². The van der Waals surface area contributed by atoms with Gasteiger partial charge in [-0.25, -0.2) is 0 Å². The number of hydrogen-bond donors (Lipinski definition) is 0. The van der Waals surface area contributed by atoms with Gasteiger partial charge in [0.25, 0.3) is 0 Å². The number of thiophene rings is 1. The van der Waals surface area contributed by atoms with Gasteiger partial charge in [0.05, 0.1) is 4.88 Å². The van der Waals surface area contributed by atoms with E-state index in [4.69, 9.17) is 0 Å². The van der Waals surface area contributed by atoms with E-state index in [1.54, 1.807) is 6.08 Å². The lowest BCUT2D eigenvalue weighted by molar-refractivity contribution is 0.105. The highest BCUT2D eigenvalue weighted by atomic mass is 32.1. The maximum absolute atomic E-state index is 12.1. The molecule has 1 fully saturated rings. The Labute approximate surface area is 136 Å². The number of nitrogens with zero attached hydrogens (tertiary/aromatic N) is 1. The van der Waals surface area contributed by atoms with Gasteiger partial charge in [0.15, 0.2) is 5.78 Å². The molecule has 3 heteroatoms. The van der Waals surface area contributed by atoms with E-state index in [0.717, 1.165) is 29.1 Å². The molecule has 1 aromatic heterocycles. The smallest absolute Gasteiger partial charge is 0.195 e. The summed E-state index contributed by atoms with van der Waals surface area (Å²) < 4.78 is 0. The van der Waals surface area contributed by atoms with Gasteiger partial charge in [0.2, 0.25) is 0 Å². The van der Waals surface area contributed by atoms with Gasteiger partial charge in [-0.15, -0.1) is 11.3 Å². The Balaban J connectivity index is 1.65. The quantitative estimate of drug-likeness (QED) is 0.588. The predicted octanol–water partition coefficient (Wildman–Crippen LogP) is 4.94. The Morgan fingerprint density at radius 2 is 1.86 bits per heavy atom. The molecule has 22 heavy (non-hydrogen) atoms. The summed E-state index contributed by atoms with van der Waals surface area (Å²) in [6.45, 7) is 4.33. The summed E-state index contributed by atoms with van der Waals surface area (Å²) >= 11 is 1.51. The van der Waals surface area contributed by atoms with E-state index in [0.29, 0.717) is 0 Å². The number of carbonyl (C=O) groups excluding carboxylic acids is 1. The van der Waals surface area contributed by atoms with Crippen LogP contribution in [-0.2, 0) is 0 Å².